The summed E-state index contributed by atoms with van der Waals surface area (Å²) in [5.41, 5.74) is 0.618. The Hall–Kier alpha value is -1.46. The lowest BCUT2D eigenvalue weighted by Crippen LogP contribution is -2.40. The number of nitrogens with zero attached hydrogens (tertiary/aromatic N) is 2. The first-order valence-corrected chi connectivity index (χ1v) is 6.77. The van der Waals surface area contributed by atoms with Crippen molar-refractivity contribution in [1.82, 2.24) is 4.90 Å². The van der Waals surface area contributed by atoms with Gasteiger partial charge in [0.05, 0.1) is 18.2 Å². The number of carbonyl (C=O) groups excluding carboxylic acids is 2. The minimum absolute atomic E-state index is 0.159. The van der Waals surface area contributed by atoms with Crippen LogP contribution in [0.1, 0.15) is 6.42 Å². The molecule has 0 aliphatic carbocycles. The number of hydrogen-bond donors (Lipinski definition) is 0. The van der Waals surface area contributed by atoms with Crippen molar-refractivity contribution in [2.24, 2.45) is 0 Å². The Morgan fingerprint density at radius 2 is 2.05 bits per heavy atom. The van der Waals surface area contributed by atoms with E-state index in [1.165, 1.54) is 4.90 Å². The van der Waals surface area contributed by atoms with Gasteiger partial charge in [0.25, 0.3) is 5.91 Å². The summed E-state index contributed by atoms with van der Waals surface area (Å²) in [5, 5.41) is 0. The van der Waals surface area contributed by atoms with Crippen molar-refractivity contribution in [3.05, 3.63) is 41.4 Å². The fourth-order valence-corrected chi connectivity index (χ4v) is 2.42. The Balaban J connectivity index is 2.23. The van der Waals surface area contributed by atoms with Gasteiger partial charge in [0.2, 0.25) is 5.91 Å². The van der Waals surface area contributed by atoms with E-state index in [1.807, 2.05) is 24.1 Å². The first-order valence-electron chi connectivity index (χ1n) is 5.98. The molecule has 0 aromatic heterocycles. The number of rotatable bonds is 4. The maximum Gasteiger partial charge on any atom is 0.251 e. The maximum atomic E-state index is 12.3. The van der Waals surface area contributed by atoms with E-state index in [4.69, 9.17) is 0 Å². The summed E-state index contributed by atoms with van der Waals surface area (Å²) in [6.07, 6.45) is 1.94. The zero-order chi connectivity index (χ0) is 14.0. The van der Waals surface area contributed by atoms with Crippen LogP contribution < -0.4 is 4.90 Å². The Morgan fingerprint density at radius 1 is 1.42 bits per heavy atom. The SMILES string of the molecule is C=CCN(C)[C@H]1CC(=O)N(c2ccc(Br)cc2)C1=O. The first-order chi connectivity index (χ1) is 9.04. The van der Waals surface area contributed by atoms with Crippen LogP contribution in [0.4, 0.5) is 5.69 Å². The van der Waals surface area contributed by atoms with Crippen LogP contribution in [0.3, 0.4) is 0 Å². The molecule has 4 nitrogen and oxygen atoms in total. The van der Waals surface area contributed by atoms with Crippen molar-refractivity contribution in [2.45, 2.75) is 12.5 Å². The monoisotopic (exact) mass is 322 g/mol. The van der Waals surface area contributed by atoms with E-state index in [9.17, 15) is 9.59 Å². The van der Waals surface area contributed by atoms with Gasteiger partial charge in [-0.15, -0.1) is 6.58 Å². The number of carbonyl (C=O) groups is 2. The van der Waals surface area contributed by atoms with Crippen molar-refractivity contribution >= 4 is 33.4 Å². The van der Waals surface area contributed by atoms with Gasteiger partial charge < -0.3 is 0 Å². The van der Waals surface area contributed by atoms with Crippen LogP contribution in [0, 0.1) is 0 Å². The largest absolute Gasteiger partial charge is 0.291 e. The molecule has 0 bridgehead atoms. The van der Waals surface area contributed by atoms with Crippen LogP contribution in [0.15, 0.2) is 41.4 Å². The zero-order valence-electron chi connectivity index (χ0n) is 10.7. The van der Waals surface area contributed by atoms with Crippen LogP contribution in [0.25, 0.3) is 0 Å². The molecule has 2 rings (SSSR count). The standard InChI is InChI=1S/C14H15BrN2O2/c1-3-8-16(2)12-9-13(18)17(14(12)19)11-6-4-10(15)5-7-11/h3-7,12H,1,8-9H2,2H3/t12-/m0/s1. The molecule has 1 aromatic carbocycles. The maximum absolute atomic E-state index is 12.3. The highest BCUT2D eigenvalue weighted by Gasteiger charge is 2.41. The highest BCUT2D eigenvalue weighted by molar-refractivity contribution is 9.10. The van der Waals surface area contributed by atoms with E-state index in [2.05, 4.69) is 22.5 Å². The summed E-state index contributed by atoms with van der Waals surface area (Å²) in [5.74, 6) is -0.329. The Kier molecular flexibility index (Phi) is 4.17. The summed E-state index contributed by atoms with van der Waals surface area (Å²) in [6.45, 7) is 4.23. The number of hydrogen-bond acceptors (Lipinski definition) is 3. The van der Waals surface area contributed by atoms with Gasteiger partial charge in [-0.25, -0.2) is 4.90 Å². The predicted octanol–water partition coefficient (Wildman–Crippen LogP) is 2.20. The molecule has 1 aliphatic rings. The number of benzene rings is 1. The van der Waals surface area contributed by atoms with Crippen molar-refractivity contribution in [2.75, 3.05) is 18.5 Å². The topological polar surface area (TPSA) is 40.6 Å². The number of likely N-dealkylation sites (N-methyl/N-ethyl adjacent to an activating group) is 1. The van der Waals surface area contributed by atoms with E-state index < -0.39 is 6.04 Å². The quantitative estimate of drug-likeness (QED) is 0.630. The molecule has 0 saturated carbocycles. The minimum Gasteiger partial charge on any atom is -0.291 e. The summed E-state index contributed by atoms with van der Waals surface area (Å²) in [4.78, 5) is 27.5. The lowest BCUT2D eigenvalue weighted by Gasteiger charge is -2.21. The molecule has 5 heteroatoms. The van der Waals surface area contributed by atoms with Crippen LogP contribution in [0.2, 0.25) is 0 Å². The number of halogens is 1. The summed E-state index contributed by atoms with van der Waals surface area (Å²) in [7, 11) is 1.82. The molecular weight excluding hydrogens is 308 g/mol. The molecule has 0 N–H and O–H groups in total. The van der Waals surface area contributed by atoms with Gasteiger partial charge >= 0.3 is 0 Å². The molecule has 0 spiro atoms. The summed E-state index contributed by atoms with van der Waals surface area (Å²) < 4.78 is 0.913. The molecule has 1 aromatic rings. The van der Waals surface area contributed by atoms with Crippen LogP contribution >= 0.6 is 15.9 Å². The molecule has 1 atom stereocenters. The average molecular weight is 323 g/mol. The second kappa shape index (κ2) is 5.67. The Morgan fingerprint density at radius 3 is 2.63 bits per heavy atom. The Labute approximate surface area is 120 Å². The van der Waals surface area contributed by atoms with E-state index >= 15 is 0 Å². The Bertz CT molecular complexity index is 513. The zero-order valence-corrected chi connectivity index (χ0v) is 12.3. The van der Waals surface area contributed by atoms with Crippen molar-refractivity contribution in [3.63, 3.8) is 0 Å². The van der Waals surface area contributed by atoms with E-state index in [1.54, 1.807) is 18.2 Å². The average Bonchev–Trinajstić information content (AvgIpc) is 2.67. The molecule has 0 unspecified atom stereocenters. The highest BCUT2D eigenvalue weighted by Crippen LogP contribution is 2.26. The van der Waals surface area contributed by atoms with E-state index in [-0.39, 0.29) is 18.2 Å². The van der Waals surface area contributed by atoms with Gasteiger partial charge in [0.15, 0.2) is 0 Å². The molecular formula is C14H15BrN2O2. The van der Waals surface area contributed by atoms with Gasteiger partial charge in [-0.3, -0.25) is 14.5 Å². The lowest BCUT2D eigenvalue weighted by molar-refractivity contribution is -0.122. The molecule has 1 fully saturated rings. The van der Waals surface area contributed by atoms with E-state index in [0.29, 0.717) is 12.2 Å². The highest BCUT2D eigenvalue weighted by atomic mass is 79.9. The molecule has 1 saturated heterocycles. The van der Waals surface area contributed by atoms with Crippen molar-refractivity contribution in [3.8, 4) is 0 Å². The van der Waals surface area contributed by atoms with Gasteiger partial charge in [-0.1, -0.05) is 22.0 Å². The third kappa shape index (κ3) is 2.77. The second-order valence-electron chi connectivity index (χ2n) is 4.49. The fourth-order valence-electron chi connectivity index (χ4n) is 2.15. The second-order valence-corrected chi connectivity index (χ2v) is 5.41. The van der Waals surface area contributed by atoms with Crippen molar-refractivity contribution in [1.29, 1.82) is 0 Å². The van der Waals surface area contributed by atoms with Crippen LogP contribution in [-0.4, -0.2) is 36.3 Å². The van der Waals surface area contributed by atoms with Crippen LogP contribution in [-0.2, 0) is 9.59 Å². The van der Waals surface area contributed by atoms with Crippen molar-refractivity contribution < 1.29 is 9.59 Å². The van der Waals surface area contributed by atoms with Gasteiger partial charge in [-0.2, -0.15) is 0 Å². The summed E-state index contributed by atoms with van der Waals surface area (Å²) in [6, 6.07) is 6.76. The molecule has 2 amide bonds. The van der Waals surface area contributed by atoms with Gasteiger partial charge in [0, 0.05) is 11.0 Å². The molecule has 0 radical (unpaired) electrons. The molecule has 19 heavy (non-hydrogen) atoms. The van der Waals surface area contributed by atoms with E-state index in [0.717, 1.165) is 4.47 Å². The lowest BCUT2D eigenvalue weighted by atomic mass is 10.2. The molecule has 1 heterocycles. The normalized spacial score (nSPS) is 19.3. The van der Waals surface area contributed by atoms with Gasteiger partial charge in [-0.05, 0) is 31.3 Å². The smallest absolute Gasteiger partial charge is 0.251 e. The molecule has 100 valence electrons. The predicted molar refractivity (Wildman–Crippen MR) is 77.9 cm³/mol. The summed E-state index contributed by atoms with van der Waals surface area (Å²) >= 11 is 3.33. The third-order valence-electron chi connectivity index (χ3n) is 3.16. The van der Waals surface area contributed by atoms with Gasteiger partial charge in [0.1, 0.15) is 0 Å². The minimum atomic E-state index is -0.394. The number of amides is 2. The fraction of sp³-hybridized carbons (Fsp3) is 0.286. The number of anilines is 1. The number of imide groups is 1. The third-order valence-corrected chi connectivity index (χ3v) is 3.69. The molecule has 1 aliphatic heterocycles. The van der Waals surface area contributed by atoms with Crippen LogP contribution in [0.5, 0.6) is 0 Å². The first kappa shape index (κ1) is 14.0.